The number of phenolic OH excluding ortho intramolecular Hbond substituents is 1. The summed E-state index contributed by atoms with van der Waals surface area (Å²) < 4.78 is 15.0. The first-order chi connectivity index (χ1) is 11.4. The third-order valence-electron chi connectivity index (χ3n) is 4.93. The van der Waals surface area contributed by atoms with Gasteiger partial charge in [-0.3, -0.25) is 0 Å². The Kier molecular flexibility index (Phi) is 3.33. The monoisotopic (exact) mass is 382 g/mol. The summed E-state index contributed by atoms with van der Waals surface area (Å²) in [4.78, 5) is 0. The van der Waals surface area contributed by atoms with Gasteiger partial charge in [0.25, 0.3) is 0 Å². The van der Waals surface area contributed by atoms with E-state index in [-0.39, 0.29) is 17.0 Å². The van der Waals surface area contributed by atoms with Crippen molar-refractivity contribution in [1.82, 2.24) is 0 Å². The molecule has 120 valence electrons. The summed E-state index contributed by atoms with van der Waals surface area (Å²) in [6, 6.07) is 16.8. The van der Waals surface area contributed by atoms with Gasteiger partial charge in [0.2, 0.25) is 0 Å². The van der Waals surface area contributed by atoms with Crippen LogP contribution in [0.5, 0.6) is 5.75 Å². The fourth-order valence-electron chi connectivity index (χ4n) is 3.69. The van der Waals surface area contributed by atoms with Crippen molar-refractivity contribution in [3.63, 3.8) is 0 Å². The molecule has 0 amide bonds. The third-order valence-corrected chi connectivity index (χ3v) is 5.59. The highest BCUT2D eigenvalue weighted by Crippen LogP contribution is 2.52. The molecule has 3 heteroatoms. The second-order valence-electron chi connectivity index (χ2n) is 6.68. The van der Waals surface area contributed by atoms with Crippen molar-refractivity contribution >= 4 is 15.9 Å². The molecule has 24 heavy (non-hydrogen) atoms. The van der Waals surface area contributed by atoms with E-state index >= 15 is 0 Å². The molecule has 0 fully saturated rings. The molecule has 4 rings (SSSR count). The van der Waals surface area contributed by atoms with Crippen LogP contribution < -0.4 is 0 Å². The number of aromatic hydroxyl groups is 1. The average Bonchev–Trinajstić information content (AvgIpc) is 2.76. The van der Waals surface area contributed by atoms with Crippen LogP contribution in [0.2, 0.25) is 0 Å². The summed E-state index contributed by atoms with van der Waals surface area (Å²) in [6.07, 6.45) is 0. The quantitative estimate of drug-likeness (QED) is 0.525. The van der Waals surface area contributed by atoms with E-state index < -0.39 is 0 Å². The van der Waals surface area contributed by atoms with Crippen molar-refractivity contribution in [2.75, 3.05) is 0 Å². The number of halogens is 2. The van der Waals surface area contributed by atoms with Crippen LogP contribution in [0, 0.1) is 5.82 Å². The summed E-state index contributed by atoms with van der Waals surface area (Å²) in [6.45, 7) is 4.30. The van der Waals surface area contributed by atoms with Crippen LogP contribution in [0.1, 0.15) is 25.0 Å². The first kappa shape index (κ1) is 15.4. The second kappa shape index (κ2) is 5.18. The molecule has 0 spiro atoms. The smallest absolute Gasteiger partial charge is 0.132 e. The zero-order chi connectivity index (χ0) is 17.1. The Labute approximate surface area is 148 Å². The summed E-state index contributed by atoms with van der Waals surface area (Å²) in [7, 11) is 0. The van der Waals surface area contributed by atoms with Crippen LogP contribution in [-0.2, 0) is 5.41 Å². The molecule has 0 saturated heterocycles. The van der Waals surface area contributed by atoms with Crippen LogP contribution in [0.25, 0.3) is 22.3 Å². The largest absolute Gasteiger partial charge is 0.507 e. The van der Waals surface area contributed by atoms with E-state index in [1.54, 1.807) is 18.2 Å². The van der Waals surface area contributed by atoms with Crippen molar-refractivity contribution in [1.29, 1.82) is 0 Å². The van der Waals surface area contributed by atoms with Crippen molar-refractivity contribution in [3.05, 3.63) is 76.0 Å². The maximum Gasteiger partial charge on any atom is 0.132 e. The number of phenols is 1. The van der Waals surface area contributed by atoms with E-state index in [1.807, 2.05) is 18.2 Å². The van der Waals surface area contributed by atoms with Crippen molar-refractivity contribution < 1.29 is 9.50 Å². The van der Waals surface area contributed by atoms with Gasteiger partial charge in [0.05, 0.1) is 0 Å². The van der Waals surface area contributed by atoms with Gasteiger partial charge >= 0.3 is 0 Å². The van der Waals surface area contributed by atoms with E-state index in [0.717, 1.165) is 16.7 Å². The highest BCUT2D eigenvalue weighted by atomic mass is 79.9. The van der Waals surface area contributed by atoms with Gasteiger partial charge in [-0.1, -0.05) is 60.1 Å². The summed E-state index contributed by atoms with van der Waals surface area (Å²) >= 11 is 3.40. The first-order valence-electron chi connectivity index (χ1n) is 7.83. The van der Waals surface area contributed by atoms with Gasteiger partial charge in [0.15, 0.2) is 0 Å². The zero-order valence-electron chi connectivity index (χ0n) is 13.4. The molecular formula is C21H16BrFO. The fraction of sp³-hybridized carbons (Fsp3) is 0.143. The Hall–Kier alpha value is -2.13. The minimum atomic E-state index is -0.356. The molecule has 0 radical (unpaired) electrons. The van der Waals surface area contributed by atoms with Gasteiger partial charge in [-0.25, -0.2) is 4.39 Å². The standard InChI is InChI=1S/C21H16BrFO/c1-21(2)15-7-4-3-6-12(15)13-10-14(19(24)11-16(13)21)20-17(22)8-5-9-18(20)23/h3-11,24H,1-2H3. The molecule has 0 heterocycles. The Morgan fingerprint density at radius 1 is 0.875 bits per heavy atom. The van der Waals surface area contributed by atoms with Gasteiger partial charge in [0.1, 0.15) is 11.6 Å². The molecule has 0 aliphatic heterocycles. The normalized spacial score (nSPS) is 14.3. The lowest BCUT2D eigenvalue weighted by Crippen LogP contribution is -2.14. The lowest BCUT2D eigenvalue weighted by molar-refractivity contribution is 0.474. The van der Waals surface area contributed by atoms with Gasteiger partial charge in [-0.15, -0.1) is 0 Å². The van der Waals surface area contributed by atoms with Crippen molar-refractivity contribution in [2.45, 2.75) is 19.3 Å². The fourth-order valence-corrected chi connectivity index (χ4v) is 4.25. The molecule has 1 aliphatic carbocycles. The molecule has 1 aliphatic rings. The van der Waals surface area contributed by atoms with Crippen molar-refractivity contribution in [3.8, 4) is 28.0 Å². The third kappa shape index (κ3) is 2.04. The van der Waals surface area contributed by atoms with Crippen LogP contribution in [0.15, 0.2) is 59.1 Å². The van der Waals surface area contributed by atoms with Gasteiger partial charge < -0.3 is 5.11 Å². The molecule has 0 unspecified atom stereocenters. The first-order valence-corrected chi connectivity index (χ1v) is 8.62. The lowest BCUT2D eigenvalue weighted by atomic mass is 9.82. The van der Waals surface area contributed by atoms with E-state index in [2.05, 4.69) is 41.9 Å². The Morgan fingerprint density at radius 3 is 2.38 bits per heavy atom. The molecule has 1 nitrogen and oxygen atoms in total. The number of rotatable bonds is 1. The predicted octanol–water partition coefficient (Wildman–Crippen LogP) is 6.27. The van der Waals surface area contributed by atoms with Crippen LogP contribution >= 0.6 is 15.9 Å². The van der Waals surface area contributed by atoms with Crippen molar-refractivity contribution in [2.24, 2.45) is 0 Å². The average molecular weight is 383 g/mol. The molecule has 0 aromatic heterocycles. The molecule has 1 N–H and O–H groups in total. The molecule has 0 saturated carbocycles. The van der Waals surface area contributed by atoms with Gasteiger partial charge in [-0.2, -0.15) is 0 Å². The molecular weight excluding hydrogens is 367 g/mol. The van der Waals surface area contributed by atoms with Crippen LogP contribution in [0.4, 0.5) is 4.39 Å². The minimum Gasteiger partial charge on any atom is -0.507 e. The van der Waals surface area contributed by atoms with Crippen LogP contribution in [-0.4, -0.2) is 5.11 Å². The summed E-state index contributed by atoms with van der Waals surface area (Å²) in [5.41, 5.74) is 5.20. The molecule has 3 aromatic carbocycles. The molecule has 3 aromatic rings. The number of hydrogen-bond donors (Lipinski definition) is 1. The molecule has 0 atom stereocenters. The van der Waals surface area contributed by atoms with E-state index in [1.165, 1.54) is 11.6 Å². The zero-order valence-corrected chi connectivity index (χ0v) is 15.0. The van der Waals surface area contributed by atoms with E-state index in [4.69, 9.17) is 0 Å². The summed E-state index contributed by atoms with van der Waals surface area (Å²) in [5, 5.41) is 10.6. The highest BCUT2D eigenvalue weighted by Gasteiger charge is 2.36. The Morgan fingerprint density at radius 2 is 1.62 bits per heavy atom. The number of fused-ring (bicyclic) bond motifs is 3. The van der Waals surface area contributed by atoms with Gasteiger partial charge in [0, 0.05) is 21.0 Å². The lowest BCUT2D eigenvalue weighted by Gasteiger charge is -2.22. The second-order valence-corrected chi connectivity index (χ2v) is 7.54. The van der Waals surface area contributed by atoms with E-state index in [0.29, 0.717) is 15.6 Å². The number of hydrogen-bond acceptors (Lipinski definition) is 1. The van der Waals surface area contributed by atoms with Crippen LogP contribution in [0.3, 0.4) is 0 Å². The Bertz CT molecular complexity index is 955. The van der Waals surface area contributed by atoms with Gasteiger partial charge in [-0.05, 0) is 46.5 Å². The minimum absolute atomic E-state index is 0.0976. The molecule has 0 bridgehead atoms. The number of benzene rings is 3. The van der Waals surface area contributed by atoms with E-state index in [9.17, 15) is 9.50 Å². The maximum absolute atomic E-state index is 14.4. The SMILES string of the molecule is CC1(C)c2ccccc2-c2cc(-c3c(F)cccc3Br)c(O)cc21. The maximum atomic E-state index is 14.4. The Balaban J connectivity index is 2.04. The topological polar surface area (TPSA) is 20.2 Å². The highest BCUT2D eigenvalue weighted by molar-refractivity contribution is 9.10. The summed E-state index contributed by atoms with van der Waals surface area (Å²) in [5.74, 6) is -0.259. The predicted molar refractivity (Wildman–Crippen MR) is 98.8 cm³/mol.